The van der Waals surface area contributed by atoms with Crippen LogP contribution in [0, 0.1) is 0 Å². The molecule has 4 nitrogen and oxygen atoms in total. The molecule has 4 heteroatoms. The summed E-state index contributed by atoms with van der Waals surface area (Å²) in [5, 5.41) is 6.49. The van der Waals surface area contributed by atoms with Crippen molar-refractivity contribution in [2.45, 2.75) is 57.0 Å². The molecule has 110 valence electrons. The van der Waals surface area contributed by atoms with Gasteiger partial charge in [-0.2, -0.15) is 0 Å². The molecule has 0 saturated heterocycles. The summed E-state index contributed by atoms with van der Waals surface area (Å²) in [6.45, 7) is 2.01. The quantitative estimate of drug-likeness (QED) is 0.868. The molecule has 1 heterocycles. The summed E-state index contributed by atoms with van der Waals surface area (Å²) in [6.07, 6.45) is 10.0. The second kappa shape index (κ2) is 6.84. The van der Waals surface area contributed by atoms with Gasteiger partial charge in [0.1, 0.15) is 0 Å². The van der Waals surface area contributed by atoms with E-state index >= 15 is 0 Å². The normalized spacial score (nSPS) is 19.3. The van der Waals surface area contributed by atoms with Crippen molar-refractivity contribution in [1.82, 2.24) is 15.6 Å². The van der Waals surface area contributed by atoms with Gasteiger partial charge in [-0.25, -0.2) is 0 Å². The minimum absolute atomic E-state index is 0.000294. The molecule has 0 aromatic carbocycles. The van der Waals surface area contributed by atoms with Crippen LogP contribution in [0.3, 0.4) is 0 Å². The van der Waals surface area contributed by atoms with Crippen LogP contribution < -0.4 is 10.6 Å². The van der Waals surface area contributed by atoms with E-state index in [1.54, 1.807) is 12.4 Å². The van der Waals surface area contributed by atoms with Crippen molar-refractivity contribution >= 4 is 5.91 Å². The van der Waals surface area contributed by atoms with E-state index in [1.165, 1.54) is 19.3 Å². The van der Waals surface area contributed by atoms with Crippen LogP contribution in [-0.4, -0.2) is 23.5 Å². The van der Waals surface area contributed by atoms with Crippen molar-refractivity contribution in [3.05, 3.63) is 30.1 Å². The Morgan fingerprint density at radius 3 is 2.55 bits per heavy atom. The molecule has 0 bridgehead atoms. The summed E-state index contributed by atoms with van der Waals surface area (Å²) in [5.74, 6) is 0.130. The number of aromatic nitrogens is 1. The molecule has 1 aromatic heterocycles. The first kappa shape index (κ1) is 15.0. The lowest BCUT2D eigenvalue weighted by atomic mass is 9.79. The van der Waals surface area contributed by atoms with Crippen LogP contribution in [-0.2, 0) is 4.79 Å². The first-order valence-corrected chi connectivity index (χ1v) is 7.53. The SMILES string of the molecule is CNC1(CC(=O)N[C@H](C)c2ccncc2)CCCCC1. The van der Waals surface area contributed by atoms with Gasteiger partial charge in [-0.1, -0.05) is 19.3 Å². The van der Waals surface area contributed by atoms with E-state index in [1.807, 2.05) is 26.1 Å². The molecule has 1 saturated carbocycles. The highest BCUT2D eigenvalue weighted by atomic mass is 16.1. The Kier molecular flexibility index (Phi) is 5.12. The van der Waals surface area contributed by atoms with Gasteiger partial charge in [0.05, 0.1) is 6.04 Å². The van der Waals surface area contributed by atoms with Gasteiger partial charge >= 0.3 is 0 Å². The third-order valence-electron chi connectivity index (χ3n) is 4.42. The standard InChI is InChI=1S/C16H25N3O/c1-13(14-6-10-18-11-7-14)19-15(20)12-16(17-2)8-4-3-5-9-16/h6-7,10-11,13,17H,3-5,8-9,12H2,1-2H3,(H,19,20)/t13-/m1/s1. The molecular weight excluding hydrogens is 250 g/mol. The van der Waals surface area contributed by atoms with Gasteiger partial charge < -0.3 is 10.6 Å². The number of carbonyl (C=O) groups is 1. The maximum absolute atomic E-state index is 12.3. The fourth-order valence-electron chi connectivity index (χ4n) is 3.08. The van der Waals surface area contributed by atoms with E-state index in [0.29, 0.717) is 6.42 Å². The number of hydrogen-bond donors (Lipinski definition) is 2. The second-order valence-electron chi connectivity index (χ2n) is 5.84. The van der Waals surface area contributed by atoms with Crippen LogP contribution >= 0.6 is 0 Å². The average Bonchev–Trinajstić information content (AvgIpc) is 2.49. The van der Waals surface area contributed by atoms with Crippen molar-refractivity contribution < 1.29 is 4.79 Å². The third kappa shape index (κ3) is 3.79. The lowest BCUT2D eigenvalue weighted by Crippen LogP contribution is -2.48. The molecule has 0 unspecified atom stereocenters. The predicted octanol–water partition coefficient (Wildman–Crippen LogP) is 2.57. The lowest BCUT2D eigenvalue weighted by molar-refractivity contribution is -0.123. The number of amides is 1. The molecule has 2 rings (SSSR count). The molecule has 1 aromatic rings. The van der Waals surface area contributed by atoms with Crippen molar-refractivity contribution in [2.24, 2.45) is 0 Å². The summed E-state index contributed by atoms with van der Waals surface area (Å²) >= 11 is 0. The van der Waals surface area contributed by atoms with Crippen LogP contribution in [0.15, 0.2) is 24.5 Å². The largest absolute Gasteiger partial charge is 0.350 e. The van der Waals surface area contributed by atoms with E-state index in [-0.39, 0.29) is 17.5 Å². The number of carbonyl (C=O) groups excluding carboxylic acids is 1. The van der Waals surface area contributed by atoms with Crippen LogP contribution in [0.2, 0.25) is 0 Å². The Balaban J connectivity index is 1.91. The molecule has 1 aliphatic rings. The van der Waals surface area contributed by atoms with Crippen LogP contribution in [0.25, 0.3) is 0 Å². The van der Waals surface area contributed by atoms with E-state index < -0.39 is 0 Å². The van der Waals surface area contributed by atoms with Crippen molar-refractivity contribution in [3.8, 4) is 0 Å². The van der Waals surface area contributed by atoms with Gasteiger partial charge in [0.2, 0.25) is 5.91 Å². The average molecular weight is 275 g/mol. The van der Waals surface area contributed by atoms with Gasteiger partial charge in [0.25, 0.3) is 0 Å². The zero-order valence-electron chi connectivity index (χ0n) is 12.5. The second-order valence-corrected chi connectivity index (χ2v) is 5.84. The minimum Gasteiger partial charge on any atom is -0.350 e. The van der Waals surface area contributed by atoms with Crippen molar-refractivity contribution in [2.75, 3.05) is 7.05 Å². The molecule has 1 fully saturated rings. The molecule has 1 atom stereocenters. The molecule has 1 aliphatic carbocycles. The van der Waals surface area contributed by atoms with E-state index in [9.17, 15) is 4.79 Å². The Labute approximate surface area is 121 Å². The van der Waals surface area contributed by atoms with Crippen molar-refractivity contribution in [3.63, 3.8) is 0 Å². The first-order chi connectivity index (χ1) is 9.65. The first-order valence-electron chi connectivity index (χ1n) is 7.53. The molecular formula is C16H25N3O. The van der Waals surface area contributed by atoms with E-state index in [2.05, 4.69) is 15.6 Å². The molecule has 0 aliphatic heterocycles. The number of pyridine rings is 1. The Morgan fingerprint density at radius 1 is 1.30 bits per heavy atom. The summed E-state index contributed by atoms with van der Waals surface area (Å²) in [4.78, 5) is 16.3. The third-order valence-corrected chi connectivity index (χ3v) is 4.42. The lowest BCUT2D eigenvalue weighted by Gasteiger charge is -2.37. The number of nitrogens with one attached hydrogen (secondary N) is 2. The maximum atomic E-state index is 12.3. The van der Waals surface area contributed by atoms with Crippen LogP contribution in [0.4, 0.5) is 0 Å². The molecule has 0 spiro atoms. The molecule has 1 amide bonds. The fourth-order valence-corrected chi connectivity index (χ4v) is 3.08. The number of nitrogens with zero attached hydrogens (tertiary/aromatic N) is 1. The van der Waals surface area contributed by atoms with Gasteiger partial charge in [0.15, 0.2) is 0 Å². The minimum atomic E-state index is 0.000294. The van der Waals surface area contributed by atoms with E-state index in [4.69, 9.17) is 0 Å². The fraction of sp³-hybridized carbons (Fsp3) is 0.625. The summed E-state index contributed by atoms with van der Waals surface area (Å²) < 4.78 is 0. The Hall–Kier alpha value is -1.42. The topological polar surface area (TPSA) is 54.0 Å². The van der Waals surface area contributed by atoms with Gasteiger partial charge in [0, 0.05) is 24.4 Å². The monoisotopic (exact) mass is 275 g/mol. The van der Waals surface area contributed by atoms with Gasteiger partial charge in [-0.15, -0.1) is 0 Å². The molecule has 0 radical (unpaired) electrons. The summed E-state index contributed by atoms with van der Waals surface area (Å²) in [6, 6.07) is 3.92. The maximum Gasteiger partial charge on any atom is 0.222 e. The highest BCUT2D eigenvalue weighted by Crippen LogP contribution is 2.30. The Morgan fingerprint density at radius 2 is 1.95 bits per heavy atom. The number of rotatable bonds is 5. The van der Waals surface area contributed by atoms with Crippen molar-refractivity contribution in [1.29, 1.82) is 0 Å². The summed E-state index contributed by atoms with van der Waals surface area (Å²) in [5.41, 5.74) is 1.09. The highest BCUT2D eigenvalue weighted by Gasteiger charge is 2.32. The van der Waals surface area contributed by atoms with Gasteiger partial charge in [-0.3, -0.25) is 9.78 Å². The highest BCUT2D eigenvalue weighted by molar-refractivity contribution is 5.77. The predicted molar refractivity (Wildman–Crippen MR) is 80.3 cm³/mol. The number of hydrogen-bond acceptors (Lipinski definition) is 3. The molecule has 20 heavy (non-hydrogen) atoms. The Bertz CT molecular complexity index is 427. The molecule has 2 N–H and O–H groups in total. The van der Waals surface area contributed by atoms with E-state index in [0.717, 1.165) is 18.4 Å². The zero-order valence-corrected chi connectivity index (χ0v) is 12.5. The van der Waals surface area contributed by atoms with Gasteiger partial charge in [-0.05, 0) is 44.5 Å². The van der Waals surface area contributed by atoms with Crippen LogP contribution in [0.1, 0.15) is 57.1 Å². The summed E-state index contributed by atoms with van der Waals surface area (Å²) in [7, 11) is 1.98. The smallest absolute Gasteiger partial charge is 0.222 e. The van der Waals surface area contributed by atoms with Crippen LogP contribution in [0.5, 0.6) is 0 Å². The zero-order chi connectivity index (χ0) is 14.4.